The zero-order valence-electron chi connectivity index (χ0n) is 13.0. The molecule has 1 aliphatic rings. The van der Waals surface area contributed by atoms with Gasteiger partial charge < -0.3 is 14.6 Å². The number of methoxy groups -OCH3 is 1. The highest BCUT2D eigenvalue weighted by molar-refractivity contribution is 7.71. The lowest BCUT2D eigenvalue weighted by Crippen LogP contribution is -2.30. The van der Waals surface area contributed by atoms with Gasteiger partial charge >= 0.3 is 5.97 Å². The monoisotopic (exact) mass is 333 g/mol. The molecule has 1 aromatic carbocycles. The zero-order chi connectivity index (χ0) is 16.4. The van der Waals surface area contributed by atoms with Crippen LogP contribution < -0.4 is 5.56 Å². The molecule has 0 amide bonds. The van der Waals surface area contributed by atoms with Crippen molar-refractivity contribution >= 4 is 29.1 Å². The molecule has 0 radical (unpaired) electrons. The van der Waals surface area contributed by atoms with Crippen molar-refractivity contribution in [3.63, 3.8) is 0 Å². The van der Waals surface area contributed by atoms with Gasteiger partial charge in [0.15, 0.2) is 4.77 Å². The van der Waals surface area contributed by atoms with Crippen molar-refractivity contribution in [2.75, 3.05) is 26.7 Å². The van der Waals surface area contributed by atoms with Crippen molar-refractivity contribution in [3.05, 3.63) is 38.9 Å². The first-order valence-electron chi connectivity index (χ1n) is 7.67. The summed E-state index contributed by atoms with van der Waals surface area (Å²) in [6.07, 6.45) is 2.44. The number of ether oxygens (including phenoxy) is 1. The van der Waals surface area contributed by atoms with E-state index in [1.807, 2.05) is 0 Å². The lowest BCUT2D eigenvalue weighted by molar-refractivity contribution is 0.0601. The molecule has 6 nitrogen and oxygen atoms in total. The van der Waals surface area contributed by atoms with Crippen LogP contribution in [-0.2, 0) is 11.3 Å². The Morgan fingerprint density at radius 3 is 2.74 bits per heavy atom. The van der Waals surface area contributed by atoms with Crippen LogP contribution in [0.1, 0.15) is 23.2 Å². The fourth-order valence-corrected chi connectivity index (χ4v) is 3.23. The first-order valence-corrected chi connectivity index (χ1v) is 8.08. The third kappa shape index (κ3) is 3.20. The highest BCUT2D eigenvalue weighted by Gasteiger charge is 2.13. The summed E-state index contributed by atoms with van der Waals surface area (Å²) in [6, 6.07) is 4.84. The quantitative estimate of drug-likeness (QED) is 0.684. The van der Waals surface area contributed by atoms with E-state index in [0.717, 1.165) is 19.6 Å². The molecule has 0 spiro atoms. The Bertz CT molecular complexity index is 850. The number of nitrogens with zero attached hydrogens (tertiary/aromatic N) is 2. The Morgan fingerprint density at radius 2 is 2.04 bits per heavy atom. The van der Waals surface area contributed by atoms with E-state index in [2.05, 4.69) is 9.88 Å². The van der Waals surface area contributed by atoms with E-state index in [1.165, 1.54) is 20.0 Å². The molecule has 0 aliphatic carbocycles. The van der Waals surface area contributed by atoms with Gasteiger partial charge in [-0.15, -0.1) is 0 Å². The minimum absolute atomic E-state index is 0.126. The Kier molecular flexibility index (Phi) is 4.58. The van der Waals surface area contributed by atoms with Crippen LogP contribution in [0.2, 0.25) is 0 Å². The largest absolute Gasteiger partial charge is 0.465 e. The summed E-state index contributed by atoms with van der Waals surface area (Å²) in [6.45, 7) is 3.56. The maximum absolute atomic E-state index is 12.6. The van der Waals surface area contributed by atoms with Crippen LogP contribution in [0.5, 0.6) is 0 Å². The Hall–Kier alpha value is -1.99. The summed E-state index contributed by atoms with van der Waals surface area (Å²) < 4.78 is 6.67. The summed E-state index contributed by atoms with van der Waals surface area (Å²) in [7, 11) is 1.32. The molecule has 1 N–H and O–H groups in total. The van der Waals surface area contributed by atoms with E-state index < -0.39 is 5.97 Å². The molecule has 1 aromatic heterocycles. The molecule has 0 unspecified atom stereocenters. The summed E-state index contributed by atoms with van der Waals surface area (Å²) in [5.41, 5.74) is 0.819. The molecule has 0 saturated carbocycles. The van der Waals surface area contributed by atoms with Gasteiger partial charge in [0, 0.05) is 13.1 Å². The fourth-order valence-electron chi connectivity index (χ4n) is 2.95. The Balaban J connectivity index is 1.95. The second-order valence-corrected chi connectivity index (χ2v) is 6.07. The standard InChI is InChI=1S/C16H19N3O3S/c1-22-15(21)11-4-5-12-13(10-11)17-16(23)19(14(12)20)9-8-18-6-2-3-7-18/h4-5,10H,2-3,6-9H2,1H3,(H,17,23). The van der Waals surface area contributed by atoms with Gasteiger partial charge in [0.05, 0.1) is 23.6 Å². The number of aromatic amines is 1. The molecule has 122 valence electrons. The van der Waals surface area contributed by atoms with Crippen molar-refractivity contribution in [3.8, 4) is 0 Å². The highest BCUT2D eigenvalue weighted by Crippen LogP contribution is 2.12. The third-order valence-corrected chi connectivity index (χ3v) is 4.56. The van der Waals surface area contributed by atoms with Gasteiger partial charge in [-0.2, -0.15) is 0 Å². The molecule has 3 rings (SSSR count). The van der Waals surface area contributed by atoms with Gasteiger partial charge in [-0.3, -0.25) is 9.36 Å². The van der Waals surface area contributed by atoms with Gasteiger partial charge in [0.2, 0.25) is 0 Å². The van der Waals surface area contributed by atoms with E-state index in [-0.39, 0.29) is 5.56 Å². The van der Waals surface area contributed by atoms with Crippen LogP contribution in [-0.4, -0.2) is 47.2 Å². The molecule has 1 aliphatic heterocycles. The van der Waals surface area contributed by atoms with E-state index in [1.54, 1.807) is 22.8 Å². The third-order valence-electron chi connectivity index (χ3n) is 4.24. The molecule has 1 saturated heterocycles. The number of rotatable bonds is 4. The average molecular weight is 333 g/mol. The molecule has 7 heteroatoms. The normalized spacial score (nSPS) is 15.2. The number of fused-ring (bicyclic) bond motifs is 1. The first kappa shape index (κ1) is 15.9. The molecular weight excluding hydrogens is 314 g/mol. The number of nitrogens with one attached hydrogen (secondary N) is 1. The molecular formula is C16H19N3O3S. The van der Waals surface area contributed by atoms with E-state index in [0.29, 0.717) is 27.8 Å². The fraction of sp³-hybridized carbons (Fsp3) is 0.438. The minimum Gasteiger partial charge on any atom is -0.465 e. The number of hydrogen-bond donors (Lipinski definition) is 1. The summed E-state index contributed by atoms with van der Waals surface area (Å²) >= 11 is 5.32. The molecule has 2 heterocycles. The van der Waals surface area contributed by atoms with Crippen molar-refractivity contribution in [2.24, 2.45) is 0 Å². The molecule has 23 heavy (non-hydrogen) atoms. The predicted molar refractivity (Wildman–Crippen MR) is 90.4 cm³/mol. The van der Waals surface area contributed by atoms with Crippen LogP contribution >= 0.6 is 12.2 Å². The van der Waals surface area contributed by atoms with E-state index >= 15 is 0 Å². The maximum atomic E-state index is 12.6. The Labute approximate surface area is 138 Å². The number of likely N-dealkylation sites (tertiary alicyclic amines) is 1. The smallest absolute Gasteiger partial charge is 0.337 e. The first-order chi connectivity index (χ1) is 11.1. The van der Waals surface area contributed by atoms with E-state index in [9.17, 15) is 9.59 Å². The number of benzene rings is 1. The lowest BCUT2D eigenvalue weighted by Gasteiger charge is -2.15. The van der Waals surface area contributed by atoms with Gasteiger partial charge in [-0.05, 0) is 56.3 Å². The molecule has 2 aromatic rings. The van der Waals surface area contributed by atoms with Crippen LogP contribution in [0.4, 0.5) is 0 Å². The van der Waals surface area contributed by atoms with Gasteiger partial charge in [-0.1, -0.05) is 0 Å². The van der Waals surface area contributed by atoms with Crippen LogP contribution in [0.25, 0.3) is 10.9 Å². The van der Waals surface area contributed by atoms with Crippen LogP contribution in [0.15, 0.2) is 23.0 Å². The highest BCUT2D eigenvalue weighted by atomic mass is 32.1. The SMILES string of the molecule is COC(=O)c1ccc2c(=O)n(CCN3CCCC3)c(=S)[nH]c2c1. The predicted octanol–water partition coefficient (Wildman–Crippen LogP) is 1.94. The van der Waals surface area contributed by atoms with Gasteiger partial charge in [-0.25, -0.2) is 4.79 Å². The zero-order valence-corrected chi connectivity index (χ0v) is 13.8. The van der Waals surface area contributed by atoms with Gasteiger partial charge in [0.25, 0.3) is 5.56 Å². The number of hydrogen-bond acceptors (Lipinski definition) is 5. The van der Waals surface area contributed by atoms with Crippen LogP contribution in [0.3, 0.4) is 0 Å². The molecule has 0 bridgehead atoms. The lowest BCUT2D eigenvalue weighted by atomic mass is 10.1. The van der Waals surface area contributed by atoms with Crippen molar-refractivity contribution < 1.29 is 9.53 Å². The summed E-state index contributed by atoms with van der Waals surface area (Å²) in [5.74, 6) is -0.440. The topological polar surface area (TPSA) is 67.3 Å². The molecule has 1 fully saturated rings. The Morgan fingerprint density at radius 1 is 1.30 bits per heavy atom. The van der Waals surface area contributed by atoms with E-state index in [4.69, 9.17) is 17.0 Å². The van der Waals surface area contributed by atoms with Crippen molar-refractivity contribution in [1.82, 2.24) is 14.5 Å². The number of carbonyl (C=O) groups is 1. The second-order valence-electron chi connectivity index (χ2n) is 5.69. The minimum atomic E-state index is -0.440. The van der Waals surface area contributed by atoms with Crippen molar-refractivity contribution in [2.45, 2.75) is 19.4 Å². The van der Waals surface area contributed by atoms with Gasteiger partial charge in [0.1, 0.15) is 0 Å². The number of esters is 1. The molecule has 0 atom stereocenters. The maximum Gasteiger partial charge on any atom is 0.337 e. The second kappa shape index (κ2) is 6.64. The average Bonchev–Trinajstić information content (AvgIpc) is 3.06. The van der Waals surface area contributed by atoms with Crippen molar-refractivity contribution in [1.29, 1.82) is 0 Å². The van der Waals surface area contributed by atoms with Crippen LogP contribution in [0, 0.1) is 4.77 Å². The summed E-state index contributed by atoms with van der Waals surface area (Å²) in [5, 5.41) is 0.521. The number of H-pyrrole nitrogens is 1. The number of carbonyl (C=O) groups excluding carboxylic acids is 1. The summed E-state index contributed by atoms with van der Waals surface area (Å²) in [4.78, 5) is 29.6. The number of aromatic nitrogens is 2.